The molecule has 0 amide bonds. The van der Waals surface area contributed by atoms with E-state index < -0.39 is 0 Å². The van der Waals surface area contributed by atoms with Crippen molar-refractivity contribution >= 4 is 10.9 Å². The Bertz CT molecular complexity index is 619. The van der Waals surface area contributed by atoms with Crippen molar-refractivity contribution in [2.45, 2.75) is 38.0 Å². The first-order valence-electron chi connectivity index (χ1n) is 8.93. The van der Waals surface area contributed by atoms with Crippen LogP contribution in [0.5, 0.6) is 0 Å². The van der Waals surface area contributed by atoms with Crippen molar-refractivity contribution in [3.63, 3.8) is 0 Å². The van der Waals surface area contributed by atoms with Gasteiger partial charge in [-0.15, -0.1) is 0 Å². The molecule has 0 spiro atoms. The summed E-state index contributed by atoms with van der Waals surface area (Å²) in [7, 11) is 0. The van der Waals surface area contributed by atoms with Gasteiger partial charge >= 0.3 is 0 Å². The quantitative estimate of drug-likeness (QED) is 0.907. The zero-order valence-electron chi connectivity index (χ0n) is 13.4. The van der Waals surface area contributed by atoms with Crippen LogP contribution in [-0.4, -0.2) is 42.6 Å². The second-order valence-electron chi connectivity index (χ2n) is 6.94. The average molecular weight is 297 g/mol. The first-order chi connectivity index (χ1) is 10.9. The van der Waals surface area contributed by atoms with Gasteiger partial charge in [0.1, 0.15) is 0 Å². The van der Waals surface area contributed by atoms with E-state index in [0.717, 1.165) is 19.0 Å². The van der Waals surface area contributed by atoms with Gasteiger partial charge in [-0.2, -0.15) is 0 Å². The topological polar surface area (TPSA) is 31.1 Å². The lowest BCUT2D eigenvalue weighted by Gasteiger charge is -2.23. The van der Waals surface area contributed by atoms with Gasteiger partial charge in [0.15, 0.2) is 0 Å². The van der Waals surface area contributed by atoms with Gasteiger partial charge in [0, 0.05) is 23.6 Å². The Balaban J connectivity index is 1.53. The maximum absolute atomic E-state index is 3.47. The SMILES string of the molecule is c1cc2[nH]cc(CCN3CCCC3)c2cc1C1CCNCC1. The summed E-state index contributed by atoms with van der Waals surface area (Å²) in [5.74, 6) is 0.743. The van der Waals surface area contributed by atoms with Crippen molar-refractivity contribution in [3.8, 4) is 0 Å². The van der Waals surface area contributed by atoms with Crippen LogP contribution in [0.1, 0.15) is 42.7 Å². The molecule has 4 rings (SSSR count). The van der Waals surface area contributed by atoms with E-state index in [0.29, 0.717) is 0 Å². The second kappa shape index (κ2) is 6.43. The van der Waals surface area contributed by atoms with Crippen molar-refractivity contribution < 1.29 is 0 Å². The first kappa shape index (κ1) is 14.3. The highest BCUT2D eigenvalue weighted by Crippen LogP contribution is 2.29. The summed E-state index contributed by atoms with van der Waals surface area (Å²) in [6.07, 6.45) is 8.72. The molecule has 0 radical (unpaired) electrons. The third-order valence-corrected chi connectivity index (χ3v) is 5.50. The fourth-order valence-corrected chi connectivity index (χ4v) is 4.10. The molecular weight excluding hydrogens is 270 g/mol. The van der Waals surface area contributed by atoms with Crippen molar-refractivity contribution in [3.05, 3.63) is 35.5 Å². The molecule has 3 heterocycles. The summed E-state index contributed by atoms with van der Waals surface area (Å²) in [5, 5.41) is 4.92. The van der Waals surface area contributed by atoms with Crippen LogP contribution >= 0.6 is 0 Å². The highest BCUT2D eigenvalue weighted by atomic mass is 15.1. The van der Waals surface area contributed by atoms with Crippen LogP contribution in [0, 0.1) is 0 Å². The number of fused-ring (bicyclic) bond motifs is 1. The number of H-pyrrole nitrogens is 1. The Labute approximate surface area is 133 Å². The van der Waals surface area contributed by atoms with E-state index in [1.807, 2.05) is 0 Å². The van der Waals surface area contributed by atoms with Crippen LogP contribution in [-0.2, 0) is 6.42 Å². The molecule has 0 bridgehead atoms. The summed E-state index contributed by atoms with van der Waals surface area (Å²) in [4.78, 5) is 6.07. The van der Waals surface area contributed by atoms with E-state index in [1.165, 1.54) is 73.8 Å². The van der Waals surface area contributed by atoms with E-state index in [1.54, 1.807) is 0 Å². The molecule has 2 saturated heterocycles. The van der Waals surface area contributed by atoms with Gasteiger partial charge in [0.2, 0.25) is 0 Å². The van der Waals surface area contributed by atoms with E-state index in [4.69, 9.17) is 0 Å². The van der Waals surface area contributed by atoms with E-state index in [-0.39, 0.29) is 0 Å². The average Bonchev–Trinajstić information content (AvgIpc) is 3.23. The van der Waals surface area contributed by atoms with E-state index in [9.17, 15) is 0 Å². The number of aromatic amines is 1. The fourth-order valence-electron chi connectivity index (χ4n) is 4.10. The number of hydrogen-bond acceptors (Lipinski definition) is 2. The van der Waals surface area contributed by atoms with Crippen molar-refractivity contribution in [1.29, 1.82) is 0 Å². The van der Waals surface area contributed by atoms with Gasteiger partial charge in [-0.1, -0.05) is 6.07 Å². The Kier molecular flexibility index (Phi) is 4.17. The molecule has 0 atom stereocenters. The summed E-state index contributed by atoms with van der Waals surface area (Å²) in [6, 6.07) is 7.08. The zero-order chi connectivity index (χ0) is 14.8. The minimum absolute atomic E-state index is 0.743. The number of benzene rings is 1. The molecule has 1 aromatic carbocycles. The molecule has 0 saturated carbocycles. The molecule has 2 fully saturated rings. The summed E-state index contributed by atoms with van der Waals surface area (Å²) in [6.45, 7) is 6.13. The van der Waals surface area contributed by atoms with Crippen LogP contribution in [0.3, 0.4) is 0 Å². The maximum atomic E-state index is 3.47. The number of aromatic nitrogens is 1. The number of hydrogen-bond donors (Lipinski definition) is 2. The van der Waals surface area contributed by atoms with E-state index >= 15 is 0 Å². The van der Waals surface area contributed by atoms with Crippen molar-refractivity contribution in [2.75, 3.05) is 32.7 Å². The molecule has 3 nitrogen and oxygen atoms in total. The normalized spacial score (nSPS) is 20.9. The largest absolute Gasteiger partial charge is 0.361 e. The smallest absolute Gasteiger partial charge is 0.0456 e. The molecule has 0 aliphatic carbocycles. The predicted octanol–water partition coefficient (Wildman–Crippen LogP) is 3.27. The van der Waals surface area contributed by atoms with Crippen LogP contribution in [0.2, 0.25) is 0 Å². The van der Waals surface area contributed by atoms with Crippen molar-refractivity contribution in [1.82, 2.24) is 15.2 Å². The standard InChI is InChI=1S/C19H27N3/c1-2-11-22(10-1)12-7-17-14-21-19-4-3-16(13-18(17)19)15-5-8-20-9-6-15/h3-4,13-15,20-21H,1-2,5-12H2. The molecule has 3 heteroatoms. The predicted molar refractivity (Wildman–Crippen MR) is 92.5 cm³/mol. The zero-order valence-corrected chi connectivity index (χ0v) is 13.4. The lowest BCUT2D eigenvalue weighted by molar-refractivity contribution is 0.344. The molecule has 2 aliphatic heterocycles. The van der Waals surface area contributed by atoms with Crippen LogP contribution in [0.25, 0.3) is 10.9 Å². The molecule has 2 aromatic rings. The van der Waals surface area contributed by atoms with Crippen LogP contribution < -0.4 is 5.32 Å². The van der Waals surface area contributed by atoms with Gasteiger partial charge < -0.3 is 15.2 Å². The number of nitrogens with zero attached hydrogens (tertiary/aromatic N) is 1. The summed E-state index contributed by atoms with van der Waals surface area (Å²) >= 11 is 0. The highest BCUT2D eigenvalue weighted by molar-refractivity contribution is 5.84. The molecule has 0 unspecified atom stereocenters. The molecule has 2 N–H and O–H groups in total. The number of piperidine rings is 1. The molecule has 2 aliphatic rings. The summed E-state index contributed by atoms with van der Waals surface area (Å²) in [5.41, 5.74) is 4.34. The van der Waals surface area contributed by atoms with Crippen LogP contribution in [0.4, 0.5) is 0 Å². The Morgan fingerprint density at radius 1 is 1.09 bits per heavy atom. The number of rotatable bonds is 4. The Morgan fingerprint density at radius 2 is 1.91 bits per heavy atom. The Morgan fingerprint density at radius 3 is 2.73 bits per heavy atom. The molecule has 118 valence electrons. The van der Waals surface area contributed by atoms with Gasteiger partial charge in [-0.3, -0.25) is 0 Å². The molecule has 1 aromatic heterocycles. The van der Waals surface area contributed by atoms with Gasteiger partial charge in [-0.25, -0.2) is 0 Å². The summed E-state index contributed by atoms with van der Waals surface area (Å²) < 4.78 is 0. The van der Waals surface area contributed by atoms with Gasteiger partial charge in [0.05, 0.1) is 0 Å². The third-order valence-electron chi connectivity index (χ3n) is 5.50. The Hall–Kier alpha value is -1.32. The number of likely N-dealkylation sites (tertiary alicyclic amines) is 1. The number of nitrogens with one attached hydrogen (secondary N) is 2. The first-order valence-corrected chi connectivity index (χ1v) is 8.93. The third kappa shape index (κ3) is 2.92. The minimum atomic E-state index is 0.743. The van der Waals surface area contributed by atoms with Gasteiger partial charge in [0.25, 0.3) is 0 Å². The highest BCUT2D eigenvalue weighted by Gasteiger charge is 2.17. The maximum Gasteiger partial charge on any atom is 0.0456 e. The van der Waals surface area contributed by atoms with Crippen molar-refractivity contribution in [2.24, 2.45) is 0 Å². The lowest BCUT2D eigenvalue weighted by Crippen LogP contribution is -2.26. The van der Waals surface area contributed by atoms with Gasteiger partial charge in [-0.05, 0) is 87.5 Å². The molecular formula is C19H27N3. The van der Waals surface area contributed by atoms with Crippen LogP contribution in [0.15, 0.2) is 24.4 Å². The molecule has 22 heavy (non-hydrogen) atoms. The second-order valence-corrected chi connectivity index (χ2v) is 6.94. The lowest BCUT2D eigenvalue weighted by atomic mass is 9.89. The van der Waals surface area contributed by atoms with E-state index in [2.05, 4.69) is 39.6 Å². The fraction of sp³-hybridized carbons (Fsp3) is 0.579. The minimum Gasteiger partial charge on any atom is -0.361 e. The monoisotopic (exact) mass is 297 g/mol.